The molecule has 0 saturated carbocycles. The van der Waals surface area contributed by atoms with Crippen molar-refractivity contribution >= 4 is 23.2 Å². The number of methoxy groups -OCH3 is 1. The summed E-state index contributed by atoms with van der Waals surface area (Å²) in [7, 11) is 1.52. The number of benzene rings is 1. The number of nitrogens with zero attached hydrogens (tertiary/aromatic N) is 1. The quantitative estimate of drug-likeness (QED) is 0.798. The Bertz CT molecular complexity index is 569. The number of hydrogen-bond donors (Lipinski definition) is 0. The van der Waals surface area contributed by atoms with Gasteiger partial charge in [0.15, 0.2) is 0 Å². The van der Waals surface area contributed by atoms with Crippen molar-refractivity contribution in [2.24, 2.45) is 0 Å². The van der Waals surface area contributed by atoms with Gasteiger partial charge in [0.1, 0.15) is 5.75 Å². The smallest absolute Gasteiger partial charge is 0.454 e. The van der Waals surface area contributed by atoms with E-state index in [1.807, 2.05) is 0 Å². The largest absolute Gasteiger partial charge is 0.497 e. The average molecular weight is 303 g/mol. The molecule has 7 heteroatoms. The highest BCUT2D eigenvalue weighted by atomic mass is 32.2. The third kappa shape index (κ3) is 2.77. The van der Waals surface area contributed by atoms with Gasteiger partial charge < -0.3 is 9.64 Å². The van der Waals surface area contributed by atoms with Gasteiger partial charge in [0.25, 0.3) is 5.78 Å². The molecule has 0 saturated heterocycles. The number of halogens is 3. The standard InChI is InChI=1S/C13H12F3NO2S/c1-3-17-9-6-8(19-2)4-5-10(9)20-12(17)7-11(18)13(14,15)16/h4-7H,3H2,1-2H3. The number of carbonyl (C=O) groups is 1. The number of allylic oxidation sites excluding steroid dienone is 1. The molecule has 1 aromatic rings. The van der Waals surface area contributed by atoms with Crippen molar-refractivity contribution in [1.82, 2.24) is 0 Å². The van der Waals surface area contributed by atoms with Crippen LogP contribution in [0.2, 0.25) is 0 Å². The number of fused-ring (bicyclic) bond motifs is 1. The zero-order valence-electron chi connectivity index (χ0n) is 10.8. The third-order valence-electron chi connectivity index (χ3n) is 2.79. The van der Waals surface area contributed by atoms with Gasteiger partial charge in [0.2, 0.25) is 0 Å². The van der Waals surface area contributed by atoms with E-state index in [0.717, 1.165) is 22.3 Å². The van der Waals surface area contributed by atoms with Gasteiger partial charge in [-0.3, -0.25) is 4.79 Å². The molecule has 1 aliphatic heterocycles. The first-order valence-corrected chi connectivity index (χ1v) is 6.64. The monoisotopic (exact) mass is 303 g/mol. The van der Waals surface area contributed by atoms with Crippen LogP contribution in [0.3, 0.4) is 0 Å². The van der Waals surface area contributed by atoms with E-state index in [1.54, 1.807) is 30.0 Å². The minimum atomic E-state index is -4.85. The molecule has 0 fully saturated rings. The highest BCUT2D eigenvalue weighted by Gasteiger charge is 2.38. The number of ether oxygens (including phenoxy) is 1. The molecule has 0 amide bonds. The van der Waals surface area contributed by atoms with Crippen LogP contribution in [0.4, 0.5) is 18.9 Å². The van der Waals surface area contributed by atoms with Crippen LogP contribution >= 0.6 is 11.8 Å². The van der Waals surface area contributed by atoms with Crippen LogP contribution in [0, 0.1) is 0 Å². The van der Waals surface area contributed by atoms with Crippen molar-refractivity contribution in [1.29, 1.82) is 0 Å². The molecular weight excluding hydrogens is 291 g/mol. The molecule has 0 bridgehead atoms. The molecule has 20 heavy (non-hydrogen) atoms. The number of alkyl halides is 3. The Kier molecular flexibility index (Phi) is 3.99. The summed E-state index contributed by atoms with van der Waals surface area (Å²) in [5.41, 5.74) is 0.748. The fraction of sp³-hybridized carbons (Fsp3) is 0.308. The number of ketones is 1. The SMILES string of the molecule is CCN1C(=CC(=O)C(F)(F)F)Sc2ccc(OC)cc21. The van der Waals surface area contributed by atoms with E-state index in [4.69, 9.17) is 4.74 Å². The van der Waals surface area contributed by atoms with Crippen LogP contribution < -0.4 is 9.64 Å². The molecule has 2 rings (SSSR count). The second-order valence-electron chi connectivity index (χ2n) is 4.02. The Morgan fingerprint density at radius 2 is 2.15 bits per heavy atom. The molecule has 0 N–H and O–H groups in total. The van der Waals surface area contributed by atoms with E-state index in [-0.39, 0.29) is 5.03 Å². The molecule has 0 atom stereocenters. The van der Waals surface area contributed by atoms with Crippen molar-refractivity contribution in [2.75, 3.05) is 18.6 Å². The lowest BCUT2D eigenvalue weighted by Gasteiger charge is -2.18. The summed E-state index contributed by atoms with van der Waals surface area (Å²) in [5.74, 6) is -1.23. The summed E-state index contributed by atoms with van der Waals surface area (Å²) in [4.78, 5) is 13.5. The topological polar surface area (TPSA) is 29.5 Å². The summed E-state index contributed by atoms with van der Waals surface area (Å²) in [6.45, 7) is 2.27. The first kappa shape index (κ1) is 14.8. The number of hydrogen-bond acceptors (Lipinski definition) is 4. The van der Waals surface area contributed by atoms with Crippen molar-refractivity contribution in [3.63, 3.8) is 0 Å². The molecule has 0 aliphatic carbocycles. The highest BCUT2D eigenvalue weighted by molar-refractivity contribution is 8.03. The van der Waals surface area contributed by atoms with Gasteiger partial charge in [-0.15, -0.1) is 0 Å². The number of thioether (sulfide) groups is 1. The molecule has 108 valence electrons. The van der Waals surface area contributed by atoms with E-state index >= 15 is 0 Å². The second-order valence-corrected chi connectivity index (χ2v) is 5.09. The molecule has 0 unspecified atom stereocenters. The van der Waals surface area contributed by atoms with E-state index < -0.39 is 12.0 Å². The Balaban J connectivity index is 2.36. The van der Waals surface area contributed by atoms with Crippen molar-refractivity contribution < 1.29 is 22.7 Å². The molecule has 0 radical (unpaired) electrons. The predicted molar refractivity (Wildman–Crippen MR) is 71.0 cm³/mol. The van der Waals surface area contributed by atoms with Gasteiger partial charge >= 0.3 is 6.18 Å². The molecule has 1 aromatic carbocycles. The fourth-order valence-corrected chi connectivity index (χ4v) is 2.97. The van der Waals surface area contributed by atoms with E-state index in [9.17, 15) is 18.0 Å². The lowest BCUT2D eigenvalue weighted by atomic mass is 10.2. The molecule has 0 spiro atoms. The van der Waals surface area contributed by atoms with Gasteiger partial charge in [0, 0.05) is 23.6 Å². The lowest BCUT2D eigenvalue weighted by Crippen LogP contribution is -2.23. The van der Waals surface area contributed by atoms with Crippen LogP contribution in [0.5, 0.6) is 5.75 Å². The van der Waals surface area contributed by atoms with Crippen molar-refractivity contribution in [3.8, 4) is 5.75 Å². The predicted octanol–water partition coefficient (Wildman–Crippen LogP) is 3.60. The maximum atomic E-state index is 12.3. The molecule has 3 nitrogen and oxygen atoms in total. The van der Waals surface area contributed by atoms with Crippen LogP contribution in [0.25, 0.3) is 0 Å². The van der Waals surface area contributed by atoms with Crippen LogP contribution in [-0.4, -0.2) is 25.6 Å². The Labute approximate surface area is 118 Å². The van der Waals surface area contributed by atoms with Crippen molar-refractivity contribution in [3.05, 3.63) is 29.3 Å². The summed E-state index contributed by atoms with van der Waals surface area (Å²) in [6, 6.07) is 5.24. The maximum Gasteiger partial charge on any atom is 0.454 e. The Morgan fingerprint density at radius 1 is 1.45 bits per heavy atom. The first-order chi connectivity index (χ1) is 9.36. The van der Waals surface area contributed by atoms with E-state index in [2.05, 4.69) is 0 Å². The minimum absolute atomic E-state index is 0.276. The zero-order valence-corrected chi connectivity index (χ0v) is 11.6. The summed E-state index contributed by atoms with van der Waals surface area (Å²) in [6.07, 6.45) is -4.21. The van der Waals surface area contributed by atoms with E-state index in [0.29, 0.717) is 18.4 Å². The molecule has 1 heterocycles. The Morgan fingerprint density at radius 3 is 2.70 bits per heavy atom. The summed E-state index contributed by atoms with van der Waals surface area (Å²) < 4.78 is 42.1. The summed E-state index contributed by atoms with van der Waals surface area (Å²) >= 11 is 1.14. The zero-order chi connectivity index (χ0) is 14.9. The van der Waals surface area contributed by atoms with Gasteiger partial charge in [-0.1, -0.05) is 11.8 Å². The number of anilines is 1. The van der Waals surface area contributed by atoms with Crippen molar-refractivity contribution in [2.45, 2.75) is 18.0 Å². The fourth-order valence-electron chi connectivity index (χ4n) is 1.84. The van der Waals surface area contributed by atoms with Crippen LogP contribution in [-0.2, 0) is 4.79 Å². The lowest BCUT2D eigenvalue weighted by molar-refractivity contribution is -0.165. The number of rotatable bonds is 3. The van der Waals surface area contributed by atoms with Gasteiger partial charge in [-0.2, -0.15) is 13.2 Å². The van der Waals surface area contributed by atoms with Gasteiger partial charge in [0.05, 0.1) is 17.8 Å². The van der Waals surface area contributed by atoms with Crippen LogP contribution in [0.1, 0.15) is 6.92 Å². The summed E-state index contributed by atoms with van der Waals surface area (Å²) in [5, 5.41) is 0.276. The average Bonchev–Trinajstić information content (AvgIpc) is 2.73. The third-order valence-corrected chi connectivity index (χ3v) is 3.90. The Hall–Kier alpha value is -1.63. The number of carbonyl (C=O) groups excluding carboxylic acids is 1. The normalized spacial score (nSPS) is 16.4. The van der Waals surface area contributed by atoms with E-state index in [1.165, 1.54) is 7.11 Å². The molecule has 1 aliphatic rings. The van der Waals surface area contributed by atoms with Crippen LogP contribution in [0.15, 0.2) is 34.2 Å². The highest BCUT2D eigenvalue weighted by Crippen LogP contribution is 2.47. The maximum absolute atomic E-state index is 12.3. The molecular formula is C13H12F3NO2S. The second kappa shape index (κ2) is 5.40. The van der Waals surface area contributed by atoms with Gasteiger partial charge in [-0.25, -0.2) is 0 Å². The minimum Gasteiger partial charge on any atom is -0.497 e. The molecule has 0 aromatic heterocycles. The van der Waals surface area contributed by atoms with Gasteiger partial charge in [-0.05, 0) is 19.1 Å². The first-order valence-electron chi connectivity index (χ1n) is 5.83.